The average molecular weight is 323 g/mol. The van der Waals surface area contributed by atoms with Gasteiger partial charge in [0, 0.05) is 12.6 Å². The monoisotopic (exact) mass is 323 g/mol. The van der Waals surface area contributed by atoms with Gasteiger partial charge in [-0.2, -0.15) is 0 Å². The summed E-state index contributed by atoms with van der Waals surface area (Å²) in [6, 6.07) is 6.89. The SMILES string of the molecule is CC(=O)Nc1cccc(B2OC3C(O)OC(CO)C(O)C3O2)c1. The molecule has 8 nitrogen and oxygen atoms in total. The molecule has 4 N–H and O–H groups in total. The van der Waals surface area contributed by atoms with Crippen molar-refractivity contribution in [3.8, 4) is 0 Å². The number of hydrogen-bond acceptors (Lipinski definition) is 7. The number of anilines is 1. The van der Waals surface area contributed by atoms with Gasteiger partial charge >= 0.3 is 7.12 Å². The van der Waals surface area contributed by atoms with Crippen molar-refractivity contribution in [3.63, 3.8) is 0 Å². The van der Waals surface area contributed by atoms with E-state index < -0.39 is 44.4 Å². The molecule has 3 rings (SSSR count). The number of aliphatic hydroxyl groups is 3. The summed E-state index contributed by atoms with van der Waals surface area (Å²) in [5, 5.41) is 31.9. The van der Waals surface area contributed by atoms with Crippen LogP contribution in [-0.2, 0) is 18.8 Å². The van der Waals surface area contributed by atoms with Gasteiger partial charge in [0.25, 0.3) is 0 Å². The van der Waals surface area contributed by atoms with E-state index in [9.17, 15) is 15.0 Å². The van der Waals surface area contributed by atoms with Crippen LogP contribution < -0.4 is 10.8 Å². The van der Waals surface area contributed by atoms with Crippen molar-refractivity contribution in [3.05, 3.63) is 24.3 Å². The zero-order valence-corrected chi connectivity index (χ0v) is 12.5. The van der Waals surface area contributed by atoms with Crippen LogP contribution in [0.2, 0.25) is 0 Å². The normalized spacial score (nSPS) is 33.4. The fourth-order valence-electron chi connectivity index (χ4n) is 2.80. The Morgan fingerprint density at radius 3 is 2.74 bits per heavy atom. The minimum absolute atomic E-state index is 0.200. The molecule has 0 spiro atoms. The zero-order valence-electron chi connectivity index (χ0n) is 12.5. The lowest BCUT2D eigenvalue weighted by Gasteiger charge is -2.37. The molecule has 2 aliphatic rings. The van der Waals surface area contributed by atoms with Crippen LogP contribution in [0.25, 0.3) is 0 Å². The van der Waals surface area contributed by atoms with E-state index in [1.807, 2.05) is 0 Å². The Morgan fingerprint density at radius 2 is 2.04 bits per heavy atom. The second kappa shape index (κ2) is 6.56. The molecule has 0 radical (unpaired) electrons. The van der Waals surface area contributed by atoms with Crippen LogP contribution in [0.15, 0.2) is 24.3 Å². The van der Waals surface area contributed by atoms with Gasteiger partial charge in [-0.05, 0) is 17.6 Å². The third kappa shape index (κ3) is 3.25. The number of nitrogens with one attached hydrogen (secondary N) is 1. The number of rotatable bonds is 3. The molecular formula is C14H18BNO7. The maximum absolute atomic E-state index is 11.1. The van der Waals surface area contributed by atoms with Gasteiger partial charge in [0.1, 0.15) is 24.4 Å². The Morgan fingerprint density at radius 1 is 1.30 bits per heavy atom. The van der Waals surface area contributed by atoms with Crippen LogP contribution >= 0.6 is 0 Å². The second-order valence-electron chi connectivity index (χ2n) is 5.58. The molecular weight excluding hydrogens is 305 g/mol. The highest BCUT2D eigenvalue weighted by atomic mass is 16.7. The fourth-order valence-corrected chi connectivity index (χ4v) is 2.80. The number of fused-ring (bicyclic) bond motifs is 1. The highest BCUT2D eigenvalue weighted by molar-refractivity contribution is 6.62. The third-order valence-electron chi connectivity index (χ3n) is 3.86. The van der Waals surface area contributed by atoms with Gasteiger partial charge in [-0.15, -0.1) is 0 Å². The second-order valence-corrected chi connectivity index (χ2v) is 5.58. The van der Waals surface area contributed by atoms with E-state index in [0.717, 1.165) is 0 Å². The topological polar surface area (TPSA) is 117 Å². The van der Waals surface area contributed by atoms with Crippen molar-refractivity contribution >= 4 is 24.2 Å². The first-order valence-corrected chi connectivity index (χ1v) is 7.30. The Kier molecular flexibility index (Phi) is 4.67. The number of amides is 1. The van der Waals surface area contributed by atoms with E-state index in [2.05, 4.69) is 5.32 Å². The van der Waals surface area contributed by atoms with Crippen LogP contribution in [0.3, 0.4) is 0 Å². The van der Waals surface area contributed by atoms with Gasteiger partial charge < -0.3 is 34.7 Å². The molecule has 5 atom stereocenters. The molecule has 1 aromatic carbocycles. The highest BCUT2D eigenvalue weighted by Crippen LogP contribution is 2.30. The standard InChI is InChI=1S/C14H18BNO7/c1-7(18)16-9-4-2-3-8(5-9)15-22-12-11(19)10(6-17)21-14(20)13(12)23-15/h2-5,10-14,17,19-20H,6H2,1H3,(H,16,18). The van der Waals surface area contributed by atoms with E-state index in [-0.39, 0.29) is 5.91 Å². The van der Waals surface area contributed by atoms with Crippen molar-refractivity contribution in [2.75, 3.05) is 11.9 Å². The summed E-state index contributed by atoms with van der Waals surface area (Å²) in [4.78, 5) is 11.1. The van der Waals surface area contributed by atoms with Gasteiger partial charge in [0.2, 0.25) is 5.91 Å². The summed E-state index contributed by atoms with van der Waals surface area (Å²) in [5.41, 5.74) is 1.22. The minimum Gasteiger partial charge on any atom is -0.399 e. The molecule has 23 heavy (non-hydrogen) atoms. The maximum atomic E-state index is 11.1. The first kappa shape index (κ1) is 16.4. The lowest BCUT2D eigenvalue weighted by Crippen LogP contribution is -2.57. The van der Waals surface area contributed by atoms with E-state index >= 15 is 0 Å². The molecule has 0 bridgehead atoms. The summed E-state index contributed by atoms with van der Waals surface area (Å²) >= 11 is 0. The molecule has 5 unspecified atom stereocenters. The predicted molar refractivity (Wildman–Crippen MR) is 79.9 cm³/mol. The Balaban J connectivity index is 1.78. The summed E-state index contributed by atoms with van der Waals surface area (Å²) in [6.07, 6.45) is -5.02. The summed E-state index contributed by atoms with van der Waals surface area (Å²) in [6.45, 7) is 0.969. The third-order valence-corrected chi connectivity index (χ3v) is 3.86. The molecule has 0 aromatic heterocycles. The Labute approximate surface area is 133 Å². The summed E-state index contributed by atoms with van der Waals surface area (Å²) in [5.74, 6) is -0.200. The van der Waals surface area contributed by atoms with E-state index in [1.165, 1.54) is 6.92 Å². The van der Waals surface area contributed by atoms with E-state index in [0.29, 0.717) is 11.2 Å². The van der Waals surface area contributed by atoms with E-state index in [1.54, 1.807) is 24.3 Å². The molecule has 0 saturated carbocycles. The molecule has 1 aromatic rings. The lowest BCUT2D eigenvalue weighted by atomic mass is 9.79. The van der Waals surface area contributed by atoms with Gasteiger partial charge in [0.15, 0.2) is 6.29 Å². The highest BCUT2D eigenvalue weighted by Gasteiger charge is 2.53. The lowest BCUT2D eigenvalue weighted by molar-refractivity contribution is -0.261. The Hall–Kier alpha value is -1.49. The number of carbonyl (C=O) groups excluding carboxylic acids is 1. The summed E-state index contributed by atoms with van der Waals surface area (Å²) < 4.78 is 16.4. The number of aliphatic hydroxyl groups excluding tert-OH is 3. The molecule has 2 fully saturated rings. The first-order chi connectivity index (χ1) is 11.0. The average Bonchev–Trinajstić information content (AvgIpc) is 2.96. The molecule has 124 valence electrons. The quantitative estimate of drug-likeness (QED) is 0.485. The molecule has 1 amide bonds. The van der Waals surface area contributed by atoms with Crippen LogP contribution in [0.1, 0.15) is 6.92 Å². The van der Waals surface area contributed by atoms with Crippen LogP contribution in [0, 0.1) is 0 Å². The van der Waals surface area contributed by atoms with Gasteiger partial charge in [-0.1, -0.05) is 12.1 Å². The number of benzene rings is 1. The van der Waals surface area contributed by atoms with Crippen molar-refractivity contribution in [2.24, 2.45) is 0 Å². The van der Waals surface area contributed by atoms with Gasteiger partial charge in [0.05, 0.1) is 6.61 Å². The summed E-state index contributed by atoms with van der Waals surface area (Å²) in [7, 11) is -0.816. The van der Waals surface area contributed by atoms with E-state index in [4.69, 9.17) is 19.2 Å². The van der Waals surface area contributed by atoms with Crippen molar-refractivity contribution in [2.45, 2.75) is 37.6 Å². The fraction of sp³-hybridized carbons (Fsp3) is 0.500. The minimum atomic E-state index is -1.30. The smallest absolute Gasteiger partial charge is 0.399 e. The van der Waals surface area contributed by atoms with Crippen LogP contribution in [-0.4, -0.2) is 65.7 Å². The molecule has 2 saturated heterocycles. The molecule has 9 heteroatoms. The number of hydrogen-bond donors (Lipinski definition) is 4. The van der Waals surface area contributed by atoms with Crippen molar-refractivity contribution in [1.82, 2.24) is 0 Å². The van der Waals surface area contributed by atoms with Gasteiger partial charge in [-0.3, -0.25) is 4.79 Å². The molecule has 0 aliphatic carbocycles. The maximum Gasteiger partial charge on any atom is 0.494 e. The number of carbonyl (C=O) groups is 1. The first-order valence-electron chi connectivity index (χ1n) is 7.30. The van der Waals surface area contributed by atoms with Crippen LogP contribution in [0.5, 0.6) is 0 Å². The zero-order chi connectivity index (χ0) is 16.6. The van der Waals surface area contributed by atoms with Crippen LogP contribution in [0.4, 0.5) is 5.69 Å². The molecule has 2 aliphatic heterocycles. The number of ether oxygens (including phenoxy) is 1. The Bertz CT molecular complexity index is 586. The molecule has 2 heterocycles. The largest absolute Gasteiger partial charge is 0.494 e. The van der Waals surface area contributed by atoms with Crippen molar-refractivity contribution < 1.29 is 34.2 Å². The van der Waals surface area contributed by atoms with Gasteiger partial charge in [-0.25, -0.2) is 0 Å². The predicted octanol–water partition coefficient (Wildman–Crippen LogP) is -1.81. The van der Waals surface area contributed by atoms with Crippen molar-refractivity contribution in [1.29, 1.82) is 0 Å².